The Hall–Kier alpha value is -0.177. The van der Waals surface area contributed by atoms with Gasteiger partial charge in [-0.2, -0.15) is 0 Å². The average Bonchev–Trinajstić information content (AvgIpc) is 3.24. The molecule has 0 bridgehead atoms. The zero-order valence-corrected chi connectivity index (χ0v) is 19.5. The third kappa shape index (κ3) is 3.39. The van der Waals surface area contributed by atoms with Crippen LogP contribution in [0.4, 0.5) is 0 Å². The summed E-state index contributed by atoms with van der Waals surface area (Å²) >= 11 is 4.96. The van der Waals surface area contributed by atoms with E-state index in [-0.39, 0.29) is 24.8 Å². The molecule has 0 radical (unpaired) electrons. The minimum atomic E-state index is -0.630. The van der Waals surface area contributed by atoms with Gasteiger partial charge in [0.1, 0.15) is 0 Å². The van der Waals surface area contributed by atoms with E-state index < -0.39 is 23.2 Å². The van der Waals surface area contributed by atoms with Crippen LogP contribution in [0.2, 0.25) is 0 Å². The maximum absolute atomic E-state index is 3.63. The summed E-state index contributed by atoms with van der Waals surface area (Å²) < 4.78 is 5.97. The number of allylic oxidation sites excluding steroid dienone is 4. The van der Waals surface area contributed by atoms with Crippen molar-refractivity contribution in [2.45, 2.75) is 12.8 Å². The number of halogens is 3. The van der Waals surface area contributed by atoms with Crippen molar-refractivity contribution in [3.8, 4) is 10.4 Å². The van der Waals surface area contributed by atoms with Crippen molar-refractivity contribution in [1.29, 1.82) is 0 Å². The summed E-state index contributed by atoms with van der Waals surface area (Å²) in [6.07, 6.45) is 9.18. The quantitative estimate of drug-likeness (QED) is 0.339. The second kappa shape index (κ2) is 7.82. The van der Waals surface area contributed by atoms with Gasteiger partial charge < -0.3 is 24.8 Å². The van der Waals surface area contributed by atoms with Crippen molar-refractivity contribution in [3.63, 3.8) is 0 Å². The molecule has 2 aliphatic carbocycles. The molecule has 0 spiro atoms. The Labute approximate surface area is 183 Å². The van der Waals surface area contributed by atoms with Gasteiger partial charge in [0.15, 0.2) is 0 Å². The summed E-state index contributed by atoms with van der Waals surface area (Å²) in [5.74, 6) is 0. The SMILES string of the molecule is Brc1ccc2sc3c(c2c1)Cc1[c]([Zr+2][C]2=CC=CC2)cccc1-3.[Cl-].[Cl-]. The summed E-state index contributed by atoms with van der Waals surface area (Å²) in [7, 11) is 0. The van der Waals surface area contributed by atoms with Crippen molar-refractivity contribution in [3.05, 3.63) is 73.5 Å². The number of hydrogen-bond acceptors (Lipinski definition) is 1. The molecule has 124 valence electrons. The molecule has 0 amide bonds. The van der Waals surface area contributed by atoms with Gasteiger partial charge in [0.25, 0.3) is 0 Å². The molecule has 1 aromatic heterocycles. The fourth-order valence-electron chi connectivity index (χ4n) is 3.51. The molecule has 0 unspecified atom stereocenters. The van der Waals surface area contributed by atoms with Crippen LogP contribution in [0.3, 0.4) is 0 Å². The first-order chi connectivity index (χ1) is 11.3. The number of thiophene rings is 1. The predicted octanol–water partition coefficient (Wildman–Crippen LogP) is -0.205. The second-order valence-corrected chi connectivity index (χ2v) is 11.5. The number of rotatable bonds is 2. The zero-order valence-electron chi connectivity index (χ0n) is 13.2. The summed E-state index contributed by atoms with van der Waals surface area (Å²) in [5.41, 5.74) is 4.67. The van der Waals surface area contributed by atoms with Gasteiger partial charge in [0, 0.05) is 0 Å². The van der Waals surface area contributed by atoms with E-state index >= 15 is 0 Å². The fourth-order valence-corrected chi connectivity index (χ4v) is 8.32. The maximum Gasteiger partial charge on any atom is -1.00 e. The molecule has 0 N–H and O–H groups in total. The summed E-state index contributed by atoms with van der Waals surface area (Å²) in [6.45, 7) is 0. The molecule has 0 aliphatic heterocycles. The molecule has 2 aliphatic rings. The van der Waals surface area contributed by atoms with E-state index in [1.807, 2.05) is 11.3 Å². The molecule has 5 heteroatoms. The van der Waals surface area contributed by atoms with E-state index in [0.717, 1.165) is 6.42 Å². The monoisotopic (exact) mass is 524 g/mol. The minimum Gasteiger partial charge on any atom is -1.00 e. The summed E-state index contributed by atoms with van der Waals surface area (Å²) in [4.78, 5) is 1.51. The minimum absolute atomic E-state index is 0. The van der Waals surface area contributed by atoms with Gasteiger partial charge in [-0.25, -0.2) is 0 Å². The first kappa shape index (κ1) is 19.6. The molecule has 5 rings (SSSR count). The van der Waals surface area contributed by atoms with Crippen LogP contribution in [0.15, 0.2) is 62.4 Å². The number of fused-ring (bicyclic) bond motifs is 5. The third-order valence-electron chi connectivity index (χ3n) is 4.59. The molecule has 1 heterocycles. The van der Waals surface area contributed by atoms with Crippen LogP contribution in [0.5, 0.6) is 0 Å². The van der Waals surface area contributed by atoms with Crippen LogP contribution in [0, 0.1) is 0 Å². The molecular weight excluding hydrogens is 514 g/mol. The normalized spacial score (nSPS) is 13.6. The molecule has 25 heavy (non-hydrogen) atoms. The Balaban J connectivity index is 0.000000911. The van der Waals surface area contributed by atoms with E-state index in [4.69, 9.17) is 0 Å². The van der Waals surface area contributed by atoms with Gasteiger partial charge in [0.2, 0.25) is 0 Å². The van der Waals surface area contributed by atoms with Crippen molar-refractivity contribution < 1.29 is 48.0 Å². The smallest absolute Gasteiger partial charge is 1.00 e. The maximum atomic E-state index is 3.63. The van der Waals surface area contributed by atoms with Crippen LogP contribution in [0.25, 0.3) is 20.5 Å². The summed E-state index contributed by atoms with van der Waals surface area (Å²) in [6, 6.07) is 13.7. The van der Waals surface area contributed by atoms with Crippen molar-refractivity contribution in [2.75, 3.05) is 0 Å². The Morgan fingerprint density at radius 2 is 1.92 bits per heavy atom. The van der Waals surface area contributed by atoms with Crippen LogP contribution >= 0.6 is 27.3 Å². The van der Waals surface area contributed by atoms with Crippen LogP contribution in [0.1, 0.15) is 17.5 Å². The first-order valence-electron chi connectivity index (χ1n) is 7.75. The molecule has 0 saturated carbocycles. The van der Waals surface area contributed by atoms with Gasteiger partial charge in [-0.1, -0.05) is 0 Å². The Morgan fingerprint density at radius 1 is 1.04 bits per heavy atom. The molecule has 0 nitrogen and oxygen atoms in total. The Bertz CT molecular complexity index is 1020. The van der Waals surface area contributed by atoms with Gasteiger partial charge in [-0.05, 0) is 0 Å². The van der Waals surface area contributed by atoms with Crippen LogP contribution < -0.4 is 28.1 Å². The summed E-state index contributed by atoms with van der Waals surface area (Å²) in [5, 5.41) is 1.44. The van der Waals surface area contributed by atoms with Gasteiger partial charge >= 0.3 is 161 Å². The van der Waals surface area contributed by atoms with Crippen LogP contribution in [-0.4, -0.2) is 0 Å². The fraction of sp³-hybridized carbons (Fsp3) is 0.100. The van der Waals surface area contributed by atoms with Crippen molar-refractivity contribution in [1.82, 2.24) is 0 Å². The molecule has 2 aromatic carbocycles. The predicted molar refractivity (Wildman–Crippen MR) is 99.2 cm³/mol. The van der Waals surface area contributed by atoms with Gasteiger partial charge in [-0.3, -0.25) is 0 Å². The van der Waals surface area contributed by atoms with E-state index in [1.165, 1.54) is 31.4 Å². The third-order valence-corrected chi connectivity index (χ3v) is 9.85. The number of hydrogen-bond donors (Lipinski definition) is 0. The molecule has 0 atom stereocenters. The topological polar surface area (TPSA) is 0 Å². The van der Waals surface area contributed by atoms with Crippen molar-refractivity contribution >= 4 is 40.6 Å². The van der Waals surface area contributed by atoms with Gasteiger partial charge in [0.05, 0.1) is 0 Å². The van der Waals surface area contributed by atoms with E-state index in [2.05, 4.69) is 70.6 Å². The Morgan fingerprint density at radius 3 is 2.72 bits per heavy atom. The average molecular weight is 527 g/mol. The first-order valence-corrected chi connectivity index (χ1v) is 11.8. The largest absolute Gasteiger partial charge is 1.00 e. The molecule has 0 fully saturated rings. The van der Waals surface area contributed by atoms with Crippen molar-refractivity contribution in [2.24, 2.45) is 0 Å². The molecule has 0 saturated heterocycles. The van der Waals surface area contributed by atoms with E-state index in [9.17, 15) is 0 Å². The Kier molecular flexibility index (Phi) is 6.13. The van der Waals surface area contributed by atoms with Crippen LogP contribution in [-0.2, 0) is 29.7 Å². The zero-order chi connectivity index (χ0) is 15.4. The molecule has 3 aromatic rings. The molecular formula is C20H13BrCl2SZr. The van der Waals surface area contributed by atoms with E-state index in [0.29, 0.717) is 0 Å². The van der Waals surface area contributed by atoms with Gasteiger partial charge in [-0.15, -0.1) is 0 Å². The second-order valence-electron chi connectivity index (χ2n) is 6.01. The standard InChI is InChI=1S/C15H8BrS.C5H5.2ClH.Zr/c16-10-5-6-14-12(8-10)13-7-9-3-1-2-4-11(9)15(13)17-14;1-2-4-5-3-1;;;/h1-2,4-6,8H,7H2;1-3H,4H2;2*1H;/q;;;;+2/p-2. The van der Waals surface area contributed by atoms with E-state index in [1.54, 1.807) is 17.7 Å². The number of benzene rings is 2.